The second-order valence-electron chi connectivity index (χ2n) is 3.39. The van der Waals surface area contributed by atoms with Crippen LogP contribution < -0.4 is 0 Å². The van der Waals surface area contributed by atoms with Crippen LogP contribution in [-0.4, -0.2) is 13.2 Å². The van der Waals surface area contributed by atoms with Crippen molar-refractivity contribution in [3.8, 4) is 0 Å². The maximum absolute atomic E-state index is 5.51. The molecular formula is C9H14O2. The minimum Gasteiger partial charge on any atom is -0.491 e. The van der Waals surface area contributed by atoms with Crippen LogP contribution in [0.25, 0.3) is 0 Å². The van der Waals surface area contributed by atoms with Crippen LogP contribution in [0.5, 0.6) is 0 Å². The first-order valence-electron chi connectivity index (χ1n) is 4.34. The Labute approximate surface area is 67.2 Å². The van der Waals surface area contributed by atoms with Crippen molar-refractivity contribution in [2.24, 2.45) is 5.92 Å². The third-order valence-corrected chi connectivity index (χ3v) is 2.34. The number of hydrogen-bond donors (Lipinski definition) is 0. The first kappa shape index (κ1) is 7.01. The lowest BCUT2D eigenvalue weighted by molar-refractivity contribution is 0.0390. The first-order chi connectivity index (χ1) is 5.36. The van der Waals surface area contributed by atoms with Crippen LogP contribution in [0.4, 0.5) is 0 Å². The van der Waals surface area contributed by atoms with Gasteiger partial charge in [-0.3, -0.25) is 0 Å². The summed E-state index contributed by atoms with van der Waals surface area (Å²) in [5.41, 5.74) is 0. The van der Waals surface area contributed by atoms with Crippen LogP contribution in [-0.2, 0) is 9.47 Å². The molecule has 0 amide bonds. The second-order valence-corrected chi connectivity index (χ2v) is 3.39. The summed E-state index contributed by atoms with van der Waals surface area (Å²) < 4.78 is 11.0. The van der Waals surface area contributed by atoms with Crippen LogP contribution in [0.15, 0.2) is 11.5 Å². The molecule has 0 spiro atoms. The van der Waals surface area contributed by atoms with E-state index in [2.05, 4.69) is 6.92 Å². The van der Waals surface area contributed by atoms with Crippen LogP contribution in [0, 0.1) is 5.92 Å². The number of ether oxygens (including phenoxy) is 2. The van der Waals surface area contributed by atoms with Gasteiger partial charge in [-0.1, -0.05) is 6.92 Å². The summed E-state index contributed by atoms with van der Waals surface area (Å²) in [7, 11) is 0. The molecule has 0 radical (unpaired) electrons. The van der Waals surface area contributed by atoms with Crippen LogP contribution in [0.1, 0.15) is 26.2 Å². The molecule has 0 aromatic rings. The molecule has 1 aliphatic carbocycles. The van der Waals surface area contributed by atoms with E-state index in [1.54, 1.807) is 0 Å². The van der Waals surface area contributed by atoms with E-state index in [4.69, 9.17) is 9.47 Å². The van der Waals surface area contributed by atoms with Crippen molar-refractivity contribution in [2.45, 2.75) is 26.2 Å². The molecule has 0 aromatic heterocycles. The van der Waals surface area contributed by atoms with Crippen molar-refractivity contribution in [1.29, 1.82) is 0 Å². The molecule has 0 aromatic carbocycles. The molecule has 0 bridgehead atoms. The van der Waals surface area contributed by atoms with E-state index in [1.165, 1.54) is 6.42 Å². The van der Waals surface area contributed by atoms with Gasteiger partial charge in [0.05, 0.1) is 0 Å². The van der Waals surface area contributed by atoms with E-state index in [0.717, 1.165) is 43.5 Å². The zero-order valence-electron chi connectivity index (χ0n) is 6.93. The third kappa shape index (κ3) is 1.35. The van der Waals surface area contributed by atoms with E-state index in [0.29, 0.717) is 0 Å². The number of hydrogen-bond acceptors (Lipinski definition) is 2. The molecule has 2 aliphatic rings. The number of allylic oxidation sites excluding steroid dienone is 2. The predicted octanol–water partition coefficient (Wildman–Crippen LogP) is 2.06. The van der Waals surface area contributed by atoms with Crippen molar-refractivity contribution in [1.82, 2.24) is 0 Å². The van der Waals surface area contributed by atoms with Gasteiger partial charge in [-0.25, -0.2) is 0 Å². The third-order valence-electron chi connectivity index (χ3n) is 2.34. The lowest BCUT2D eigenvalue weighted by Crippen LogP contribution is -2.19. The highest BCUT2D eigenvalue weighted by atomic mass is 16.6. The fourth-order valence-electron chi connectivity index (χ4n) is 1.67. The normalized spacial score (nSPS) is 30.5. The lowest BCUT2D eigenvalue weighted by atomic mass is 9.93. The van der Waals surface area contributed by atoms with Gasteiger partial charge in [0, 0.05) is 12.8 Å². The zero-order valence-corrected chi connectivity index (χ0v) is 6.93. The molecule has 0 fully saturated rings. The summed E-state index contributed by atoms with van der Waals surface area (Å²) in [6.45, 7) is 3.75. The van der Waals surface area contributed by atoms with E-state index in [1.807, 2.05) is 0 Å². The van der Waals surface area contributed by atoms with Gasteiger partial charge in [0.1, 0.15) is 24.7 Å². The highest BCUT2D eigenvalue weighted by Gasteiger charge is 2.22. The molecular weight excluding hydrogens is 140 g/mol. The summed E-state index contributed by atoms with van der Waals surface area (Å²) in [5, 5.41) is 0. The molecule has 62 valence electrons. The van der Waals surface area contributed by atoms with Crippen LogP contribution >= 0.6 is 0 Å². The van der Waals surface area contributed by atoms with Crippen LogP contribution in [0.3, 0.4) is 0 Å². The van der Waals surface area contributed by atoms with Crippen LogP contribution in [0.2, 0.25) is 0 Å². The monoisotopic (exact) mass is 154 g/mol. The van der Waals surface area contributed by atoms with Gasteiger partial charge in [0.25, 0.3) is 0 Å². The average molecular weight is 154 g/mol. The highest BCUT2D eigenvalue weighted by Crippen LogP contribution is 2.31. The summed E-state index contributed by atoms with van der Waals surface area (Å²) in [5.74, 6) is 3.01. The Morgan fingerprint density at radius 1 is 1.18 bits per heavy atom. The van der Waals surface area contributed by atoms with Gasteiger partial charge >= 0.3 is 0 Å². The van der Waals surface area contributed by atoms with Crippen molar-refractivity contribution < 1.29 is 9.47 Å². The maximum atomic E-state index is 5.51. The Bertz CT molecular complexity index is 184. The van der Waals surface area contributed by atoms with E-state index >= 15 is 0 Å². The van der Waals surface area contributed by atoms with E-state index in [9.17, 15) is 0 Å². The first-order valence-corrected chi connectivity index (χ1v) is 4.34. The summed E-state index contributed by atoms with van der Waals surface area (Å²) in [4.78, 5) is 0. The molecule has 1 heterocycles. The highest BCUT2D eigenvalue weighted by molar-refractivity contribution is 5.07. The van der Waals surface area contributed by atoms with Crippen molar-refractivity contribution in [3.05, 3.63) is 11.5 Å². The number of rotatable bonds is 0. The molecule has 1 unspecified atom stereocenters. The molecule has 0 N–H and O–H groups in total. The zero-order chi connectivity index (χ0) is 7.68. The van der Waals surface area contributed by atoms with Gasteiger partial charge < -0.3 is 9.47 Å². The Hall–Kier alpha value is -0.660. The quantitative estimate of drug-likeness (QED) is 0.531. The molecule has 11 heavy (non-hydrogen) atoms. The molecule has 0 saturated carbocycles. The largest absolute Gasteiger partial charge is 0.491 e. The van der Waals surface area contributed by atoms with Gasteiger partial charge in [-0.15, -0.1) is 0 Å². The maximum Gasteiger partial charge on any atom is 0.134 e. The Kier molecular flexibility index (Phi) is 1.76. The van der Waals surface area contributed by atoms with Crippen molar-refractivity contribution in [2.75, 3.05) is 13.2 Å². The minimum atomic E-state index is 0.742. The topological polar surface area (TPSA) is 18.5 Å². The standard InChI is InChI=1S/C9H14O2/c1-7-2-3-8-9(6-7)11-5-4-10-8/h7H,2-6H2,1H3. The lowest BCUT2D eigenvalue weighted by Gasteiger charge is -2.28. The molecule has 0 saturated heterocycles. The smallest absolute Gasteiger partial charge is 0.134 e. The van der Waals surface area contributed by atoms with Gasteiger partial charge in [-0.05, 0) is 12.3 Å². The molecule has 2 nitrogen and oxygen atoms in total. The van der Waals surface area contributed by atoms with E-state index in [-0.39, 0.29) is 0 Å². The molecule has 2 rings (SSSR count). The Morgan fingerprint density at radius 2 is 1.91 bits per heavy atom. The second kappa shape index (κ2) is 2.76. The van der Waals surface area contributed by atoms with Crippen molar-refractivity contribution >= 4 is 0 Å². The van der Waals surface area contributed by atoms with Gasteiger partial charge in [0.15, 0.2) is 0 Å². The predicted molar refractivity (Wildman–Crippen MR) is 41.9 cm³/mol. The summed E-state index contributed by atoms with van der Waals surface area (Å²) in [6, 6.07) is 0. The van der Waals surface area contributed by atoms with Gasteiger partial charge in [-0.2, -0.15) is 0 Å². The van der Waals surface area contributed by atoms with Gasteiger partial charge in [0.2, 0.25) is 0 Å². The van der Waals surface area contributed by atoms with E-state index < -0.39 is 0 Å². The Morgan fingerprint density at radius 3 is 2.73 bits per heavy atom. The average Bonchev–Trinajstić information content (AvgIpc) is 2.04. The SMILES string of the molecule is CC1CCC2=C(C1)OCCO2. The Balaban J connectivity index is 2.12. The molecule has 1 atom stereocenters. The fraction of sp³-hybridized carbons (Fsp3) is 0.778. The van der Waals surface area contributed by atoms with Crippen molar-refractivity contribution in [3.63, 3.8) is 0 Å². The summed E-state index contributed by atoms with van der Waals surface area (Å²) >= 11 is 0. The molecule has 2 heteroatoms. The summed E-state index contributed by atoms with van der Waals surface area (Å²) in [6.07, 6.45) is 3.41. The fourth-order valence-corrected chi connectivity index (χ4v) is 1.67. The molecule has 1 aliphatic heterocycles. The minimum absolute atomic E-state index is 0.742.